The molecule has 2 amide bonds. The van der Waals surface area contributed by atoms with Gasteiger partial charge in [-0.3, -0.25) is 9.59 Å². The molecule has 39 heavy (non-hydrogen) atoms. The maximum Gasteiger partial charge on any atom is 0.255 e. The number of para-hydroxylation sites is 1. The molecule has 0 spiro atoms. The Balaban J connectivity index is 1.48. The number of halogens is 1. The quantitative estimate of drug-likeness (QED) is 0.260. The molecule has 2 aromatic carbocycles. The number of methoxy groups -OCH3 is 1. The summed E-state index contributed by atoms with van der Waals surface area (Å²) in [5, 5.41) is 0. The third-order valence-electron chi connectivity index (χ3n) is 7.62. The van der Waals surface area contributed by atoms with Crippen LogP contribution < -0.4 is 4.74 Å². The van der Waals surface area contributed by atoms with Gasteiger partial charge in [-0.05, 0) is 61.4 Å². The fourth-order valence-electron chi connectivity index (χ4n) is 5.29. The Kier molecular flexibility index (Phi) is 9.79. The molecule has 208 valence electrons. The molecule has 4 rings (SSSR count). The van der Waals surface area contributed by atoms with Gasteiger partial charge in [0.2, 0.25) is 5.91 Å². The van der Waals surface area contributed by atoms with Gasteiger partial charge in [0.1, 0.15) is 11.6 Å². The van der Waals surface area contributed by atoms with Crippen molar-refractivity contribution >= 4 is 11.8 Å². The van der Waals surface area contributed by atoms with Crippen LogP contribution in [0.15, 0.2) is 54.6 Å². The van der Waals surface area contributed by atoms with E-state index < -0.39 is 0 Å². The monoisotopic (exact) mass is 533 g/mol. The van der Waals surface area contributed by atoms with E-state index in [0.29, 0.717) is 49.5 Å². The van der Waals surface area contributed by atoms with Gasteiger partial charge in [-0.2, -0.15) is 0 Å². The molecule has 7 heteroatoms. The molecule has 2 heterocycles. The van der Waals surface area contributed by atoms with E-state index in [4.69, 9.17) is 4.74 Å². The lowest BCUT2D eigenvalue weighted by Crippen LogP contribution is -2.50. The highest BCUT2D eigenvalue weighted by atomic mass is 19.1. The normalized spacial score (nSPS) is 13.5. The van der Waals surface area contributed by atoms with Crippen LogP contribution in [0.1, 0.15) is 67.9 Å². The van der Waals surface area contributed by atoms with Crippen LogP contribution in [0.25, 0.3) is 16.9 Å². The SMILES string of the molecule is CCCCCCCCC(=O)N1CCN(C(=O)c2cc(-c3ccc(OC)cc3)n(-c3ccccc3F)c2C)CC1. The smallest absolute Gasteiger partial charge is 0.255 e. The van der Waals surface area contributed by atoms with Crippen molar-refractivity contribution in [1.29, 1.82) is 0 Å². The van der Waals surface area contributed by atoms with Crippen molar-refractivity contribution in [2.24, 2.45) is 0 Å². The second-order valence-corrected chi connectivity index (χ2v) is 10.2. The average molecular weight is 534 g/mol. The van der Waals surface area contributed by atoms with Crippen LogP contribution in [0.3, 0.4) is 0 Å². The van der Waals surface area contributed by atoms with Gasteiger partial charge >= 0.3 is 0 Å². The highest BCUT2D eigenvalue weighted by Gasteiger charge is 2.28. The molecule has 1 aliphatic rings. The number of unbranched alkanes of at least 4 members (excludes halogenated alkanes) is 5. The first-order chi connectivity index (χ1) is 18.9. The van der Waals surface area contributed by atoms with Crippen LogP contribution >= 0.6 is 0 Å². The fraction of sp³-hybridized carbons (Fsp3) is 0.438. The van der Waals surface area contributed by atoms with Crippen LogP contribution in [-0.4, -0.2) is 59.5 Å². The third kappa shape index (κ3) is 6.70. The lowest BCUT2D eigenvalue weighted by atomic mass is 10.1. The Morgan fingerprint density at radius 3 is 2.18 bits per heavy atom. The summed E-state index contributed by atoms with van der Waals surface area (Å²) < 4.78 is 22.1. The molecule has 1 aliphatic heterocycles. The Morgan fingerprint density at radius 2 is 1.51 bits per heavy atom. The molecule has 1 aromatic heterocycles. The van der Waals surface area contributed by atoms with E-state index >= 15 is 0 Å². The Labute approximate surface area is 231 Å². The summed E-state index contributed by atoms with van der Waals surface area (Å²) in [6.07, 6.45) is 7.51. The van der Waals surface area contributed by atoms with Crippen LogP contribution in [0.2, 0.25) is 0 Å². The van der Waals surface area contributed by atoms with Gasteiger partial charge in [0, 0.05) is 38.3 Å². The van der Waals surface area contributed by atoms with Gasteiger partial charge < -0.3 is 19.1 Å². The molecule has 0 aliphatic carbocycles. The molecule has 0 bridgehead atoms. The highest BCUT2D eigenvalue weighted by molar-refractivity contribution is 5.97. The molecule has 0 atom stereocenters. The highest BCUT2D eigenvalue weighted by Crippen LogP contribution is 2.32. The number of aromatic nitrogens is 1. The van der Waals surface area contributed by atoms with Crippen molar-refractivity contribution in [3.05, 3.63) is 71.7 Å². The lowest BCUT2D eigenvalue weighted by Gasteiger charge is -2.35. The first kappa shape index (κ1) is 28.4. The third-order valence-corrected chi connectivity index (χ3v) is 7.62. The van der Waals surface area contributed by atoms with Crippen molar-refractivity contribution < 1.29 is 18.7 Å². The van der Waals surface area contributed by atoms with Crippen LogP contribution in [0.4, 0.5) is 4.39 Å². The molecule has 0 unspecified atom stereocenters. The number of hydrogen-bond acceptors (Lipinski definition) is 3. The summed E-state index contributed by atoms with van der Waals surface area (Å²) in [4.78, 5) is 30.1. The molecule has 1 saturated heterocycles. The minimum Gasteiger partial charge on any atom is -0.497 e. The van der Waals surface area contributed by atoms with Gasteiger partial charge in [0.15, 0.2) is 0 Å². The van der Waals surface area contributed by atoms with Crippen molar-refractivity contribution in [2.45, 2.75) is 58.8 Å². The summed E-state index contributed by atoms with van der Waals surface area (Å²) in [6, 6.07) is 16.0. The topological polar surface area (TPSA) is 54.8 Å². The number of amides is 2. The van der Waals surface area contributed by atoms with Gasteiger partial charge in [0.25, 0.3) is 5.91 Å². The predicted octanol–water partition coefficient (Wildman–Crippen LogP) is 6.64. The summed E-state index contributed by atoms with van der Waals surface area (Å²) >= 11 is 0. The number of piperazine rings is 1. The van der Waals surface area contributed by atoms with Crippen LogP contribution in [0.5, 0.6) is 5.75 Å². The first-order valence-electron chi connectivity index (χ1n) is 14.1. The number of benzene rings is 2. The standard InChI is InChI=1S/C32H40FN3O3/c1-4-5-6-7-8-9-14-31(37)34-19-21-35(22-20-34)32(38)27-23-30(25-15-17-26(39-3)18-16-25)36(24(27)2)29-13-11-10-12-28(29)33/h10-13,15-18,23H,4-9,14,19-22H2,1-3H3. The average Bonchev–Trinajstić information content (AvgIpc) is 3.31. The minimum atomic E-state index is -0.359. The van der Waals surface area contributed by atoms with Crippen molar-refractivity contribution in [2.75, 3.05) is 33.3 Å². The largest absolute Gasteiger partial charge is 0.497 e. The summed E-state index contributed by atoms with van der Waals surface area (Å²) in [5.74, 6) is 0.448. The Bertz CT molecular complexity index is 1260. The molecule has 6 nitrogen and oxygen atoms in total. The van der Waals surface area contributed by atoms with E-state index in [1.807, 2.05) is 46.7 Å². The predicted molar refractivity (Wildman–Crippen MR) is 153 cm³/mol. The molecule has 3 aromatic rings. The maximum atomic E-state index is 14.9. The number of carbonyl (C=O) groups is 2. The van der Waals surface area contributed by atoms with Gasteiger partial charge in [-0.25, -0.2) is 4.39 Å². The van der Waals surface area contributed by atoms with Crippen LogP contribution in [0, 0.1) is 12.7 Å². The first-order valence-corrected chi connectivity index (χ1v) is 14.1. The molecule has 0 N–H and O–H groups in total. The zero-order chi connectivity index (χ0) is 27.8. The zero-order valence-corrected chi connectivity index (χ0v) is 23.4. The van der Waals surface area contributed by atoms with E-state index in [2.05, 4.69) is 6.92 Å². The summed E-state index contributed by atoms with van der Waals surface area (Å²) in [5.41, 5.74) is 3.20. The zero-order valence-electron chi connectivity index (χ0n) is 23.4. The Hall–Kier alpha value is -3.61. The minimum absolute atomic E-state index is 0.0969. The molecular weight excluding hydrogens is 493 g/mol. The molecule has 0 saturated carbocycles. The van der Waals surface area contributed by atoms with Gasteiger partial charge in [-0.1, -0.05) is 51.2 Å². The summed E-state index contributed by atoms with van der Waals surface area (Å²) in [7, 11) is 1.61. The fourth-order valence-corrected chi connectivity index (χ4v) is 5.29. The summed E-state index contributed by atoms with van der Waals surface area (Å²) in [6.45, 7) is 6.12. The maximum absolute atomic E-state index is 14.9. The number of nitrogens with zero attached hydrogens (tertiary/aromatic N) is 3. The number of hydrogen-bond donors (Lipinski definition) is 0. The van der Waals surface area contributed by atoms with Gasteiger partial charge in [-0.15, -0.1) is 0 Å². The second kappa shape index (κ2) is 13.5. The second-order valence-electron chi connectivity index (χ2n) is 10.2. The molecular formula is C32H40FN3O3. The van der Waals surface area contributed by atoms with E-state index in [9.17, 15) is 14.0 Å². The van der Waals surface area contributed by atoms with Gasteiger partial charge in [0.05, 0.1) is 24.1 Å². The number of ether oxygens (including phenoxy) is 1. The van der Waals surface area contributed by atoms with E-state index in [1.54, 1.807) is 30.2 Å². The number of rotatable bonds is 11. The van der Waals surface area contributed by atoms with Crippen molar-refractivity contribution in [1.82, 2.24) is 14.4 Å². The van der Waals surface area contributed by atoms with Crippen molar-refractivity contribution in [3.63, 3.8) is 0 Å². The molecule has 0 radical (unpaired) electrons. The van der Waals surface area contributed by atoms with Crippen LogP contribution in [-0.2, 0) is 4.79 Å². The lowest BCUT2D eigenvalue weighted by molar-refractivity contribution is -0.132. The van der Waals surface area contributed by atoms with E-state index in [-0.39, 0.29) is 17.6 Å². The molecule has 1 fully saturated rings. The van der Waals surface area contributed by atoms with E-state index in [1.165, 1.54) is 31.7 Å². The Morgan fingerprint density at radius 1 is 0.872 bits per heavy atom. The van der Waals surface area contributed by atoms with E-state index in [0.717, 1.165) is 29.8 Å². The van der Waals surface area contributed by atoms with Crippen molar-refractivity contribution in [3.8, 4) is 22.7 Å². The number of carbonyl (C=O) groups excluding carboxylic acids is 2.